The van der Waals surface area contributed by atoms with Crippen molar-refractivity contribution in [2.75, 3.05) is 7.11 Å². The molecule has 4 nitrogen and oxygen atoms in total. The maximum absolute atomic E-state index is 12.1. The van der Waals surface area contributed by atoms with E-state index in [0.29, 0.717) is 0 Å². The third-order valence-electron chi connectivity index (χ3n) is 3.25. The van der Waals surface area contributed by atoms with Gasteiger partial charge >= 0.3 is 0 Å². The van der Waals surface area contributed by atoms with Gasteiger partial charge in [0.05, 0.1) is 13.2 Å². The van der Waals surface area contributed by atoms with Crippen LogP contribution >= 0.6 is 0 Å². The van der Waals surface area contributed by atoms with Gasteiger partial charge in [0.2, 0.25) is 5.91 Å². The van der Waals surface area contributed by atoms with Crippen molar-refractivity contribution in [3.63, 3.8) is 0 Å². The van der Waals surface area contributed by atoms with Crippen LogP contribution in [0.2, 0.25) is 0 Å². The van der Waals surface area contributed by atoms with Gasteiger partial charge in [0.1, 0.15) is 5.75 Å². The van der Waals surface area contributed by atoms with Crippen LogP contribution in [0.3, 0.4) is 0 Å². The van der Waals surface area contributed by atoms with Crippen molar-refractivity contribution in [1.82, 2.24) is 10.6 Å². The first-order valence-corrected chi connectivity index (χ1v) is 7.36. The molecule has 2 N–H and O–H groups in total. The molecular formula is C17H28N2O2. The molecule has 0 aliphatic rings. The molecular weight excluding hydrogens is 264 g/mol. The normalized spacial score (nSPS) is 14.4. The summed E-state index contributed by atoms with van der Waals surface area (Å²) in [6.07, 6.45) is 0. The number of methoxy groups -OCH3 is 1. The molecule has 1 rings (SSSR count). The van der Waals surface area contributed by atoms with Crippen LogP contribution in [-0.2, 0) is 4.79 Å². The molecule has 0 saturated heterocycles. The molecule has 2 atom stereocenters. The molecule has 4 heteroatoms. The van der Waals surface area contributed by atoms with Crippen LogP contribution in [-0.4, -0.2) is 24.6 Å². The summed E-state index contributed by atoms with van der Waals surface area (Å²) in [6, 6.07) is 5.86. The number of carbonyl (C=O) groups excluding carboxylic acids is 1. The van der Waals surface area contributed by atoms with E-state index in [1.165, 1.54) is 0 Å². The molecule has 118 valence electrons. The van der Waals surface area contributed by atoms with Crippen molar-refractivity contribution in [1.29, 1.82) is 0 Å². The number of rotatable bonds is 5. The molecule has 0 aromatic heterocycles. The molecule has 0 bridgehead atoms. The molecule has 0 radical (unpaired) electrons. The molecule has 0 saturated carbocycles. The molecule has 1 aromatic rings. The van der Waals surface area contributed by atoms with E-state index in [-0.39, 0.29) is 23.5 Å². The molecule has 2 unspecified atom stereocenters. The second kappa shape index (κ2) is 6.94. The van der Waals surface area contributed by atoms with Gasteiger partial charge in [0.15, 0.2) is 0 Å². The van der Waals surface area contributed by atoms with E-state index >= 15 is 0 Å². The van der Waals surface area contributed by atoms with Crippen LogP contribution in [0.4, 0.5) is 0 Å². The minimum atomic E-state index is -0.273. The van der Waals surface area contributed by atoms with Gasteiger partial charge < -0.3 is 10.1 Å². The lowest BCUT2D eigenvalue weighted by Gasteiger charge is -2.26. The first-order valence-electron chi connectivity index (χ1n) is 7.36. The van der Waals surface area contributed by atoms with Crippen molar-refractivity contribution in [2.45, 2.75) is 59.2 Å². The van der Waals surface area contributed by atoms with Crippen molar-refractivity contribution in [2.24, 2.45) is 0 Å². The van der Waals surface area contributed by atoms with Gasteiger partial charge in [-0.25, -0.2) is 0 Å². The Morgan fingerprint density at radius 2 is 1.86 bits per heavy atom. The fourth-order valence-electron chi connectivity index (χ4n) is 2.19. The summed E-state index contributed by atoms with van der Waals surface area (Å²) in [7, 11) is 1.67. The highest BCUT2D eigenvalue weighted by molar-refractivity contribution is 5.82. The van der Waals surface area contributed by atoms with E-state index in [0.717, 1.165) is 16.9 Å². The highest BCUT2D eigenvalue weighted by atomic mass is 16.5. The quantitative estimate of drug-likeness (QED) is 0.877. The van der Waals surface area contributed by atoms with Crippen LogP contribution < -0.4 is 15.4 Å². The maximum atomic E-state index is 12.1. The van der Waals surface area contributed by atoms with E-state index < -0.39 is 0 Å². The molecule has 0 heterocycles. The smallest absolute Gasteiger partial charge is 0.237 e. The van der Waals surface area contributed by atoms with Gasteiger partial charge in [0, 0.05) is 17.1 Å². The van der Waals surface area contributed by atoms with Gasteiger partial charge in [-0.2, -0.15) is 0 Å². The molecule has 1 aromatic carbocycles. The maximum Gasteiger partial charge on any atom is 0.237 e. The average molecular weight is 292 g/mol. The van der Waals surface area contributed by atoms with E-state index in [1.54, 1.807) is 7.11 Å². The summed E-state index contributed by atoms with van der Waals surface area (Å²) in [5.74, 6) is 0.846. The zero-order valence-electron chi connectivity index (χ0n) is 14.2. The molecule has 21 heavy (non-hydrogen) atoms. The largest absolute Gasteiger partial charge is 0.496 e. The number of amides is 1. The van der Waals surface area contributed by atoms with Crippen molar-refractivity contribution in [3.05, 3.63) is 29.3 Å². The van der Waals surface area contributed by atoms with Crippen LogP contribution in [0, 0.1) is 6.92 Å². The van der Waals surface area contributed by atoms with Gasteiger partial charge in [0.25, 0.3) is 0 Å². The van der Waals surface area contributed by atoms with Gasteiger partial charge in [-0.15, -0.1) is 0 Å². The van der Waals surface area contributed by atoms with E-state index in [9.17, 15) is 4.79 Å². The minimum Gasteiger partial charge on any atom is -0.496 e. The lowest BCUT2D eigenvalue weighted by molar-refractivity contribution is -0.124. The third-order valence-corrected chi connectivity index (χ3v) is 3.25. The molecule has 0 aliphatic carbocycles. The second-order valence-electron chi connectivity index (χ2n) is 6.59. The Morgan fingerprint density at radius 3 is 2.38 bits per heavy atom. The van der Waals surface area contributed by atoms with E-state index in [1.807, 2.05) is 53.7 Å². The molecule has 0 fully saturated rings. The fourth-order valence-corrected chi connectivity index (χ4v) is 2.19. The first-order chi connectivity index (χ1) is 9.64. The summed E-state index contributed by atoms with van der Waals surface area (Å²) in [5.41, 5.74) is 1.98. The number of carbonyl (C=O) groups is 1. The van der Waals surface area contributed by atoms with Gasteiger partial charge in [-0.05, 0) is 53.2 Å². The predicted molar refractivity (Wildman–Crippen MR) is 86.6 cm³/mol. The number of benzene rings is 1. The highest BCUT2D eigenvalue weighted by Crippen LogP contribution is 2.26. The number of nitrogens with one attached hydrogen (secondary N) is 2. The Labute approximate surface area is 128 Å². The minimum absolute atomic E-state index is 0.000397. The van der Waals surface area contributed by atoms with Crippen molar-refractivity contribution >= 4 is 5.91 Å². The van der Waals surface area contributed by atoms with Gasteiger partial charge in [-0.1, -0.05) is 12.1 Å². The monoisotopic (exact) mass is 292 g/mol. The predicted octanol–water partition coefficient (Wildman–Crippen LogP) is 2.96. The summed E-state index contributed by atoms with van der Waals surface area (Å²) in [5, 5.41) is 6.30. The molecule has 0 aliphatic heterocycles. The SMILES string of the molecule is COc1cc(C)ccc1C(C)NC(C)C(=O)NC(C)(C)C. The average Bonchev–Trinajstić information content (AvgIpc) is 2.36. The molecule has 1 amide bonds. The second-order valence-corrected chi connectivity index (χ2v) is 6.59. The van der Waals surface area contributed by atoms with Crippen LogP contribution in [0.1, 0.15) is 51.8 Å². The van der Waals surface area contributed by atoms with Crippen molar-refractivity contribution in [3.8, 4) is 5.75 Å². The summed E-state index contributed by atoms with van der Waals surface area (Å²) < 4.78 is 5.43. The number of aryl methyl sites for hydroxylation is 1. The Hall–Kier alpha value is -1.55. The summed E-state index contributed by atoms with van der Waals surface area (Å²) in [6.45, 7) is 11.9. The van der Waals surface area contributed by atoms with Crippen LogP contribution in [0.5, 0.6) is 5.75 Å². The van der Waals surface area contributed by atoms with E-state index in [2.05, 4.69) is 16.7 Å². The highest BCUT2D eigenvalue weighted by Gasteiger charge is 2.21. The van der Waals surface area contributed by atoms with Gasteiger partial charge in [-0.3, -0.25) is 10.1 Å². The zero-order chi connectivity index (χ0) is 16.2. The van der Waals surface area contributed by atoms with Crippen LogP contribution in [0.25, 0.3) is 0 Å². The lowest BCUT2D eigenvalue weighted by Crippen LogP contribution is -2.50. The lowest BCUT2D eigenvalue weighted by atomic mass is 10.0. The topological polar surface area (TPSA) is 50.4 Å². The van der Waals surface area contributed by atoms with Crippen LogP contribution in [0.15, 0.2) is 18.2 Å². The van der Waals surface area contributed by atoms with Crippen molar-refractivity contribution < 1.29 is 9.53 Å². The third kappa shape index (κ3) is 5.38. The number of ether oxygens (including phenoxy) is 1. The zero-order valence-corrected chi connectivity index (χ0v) is 14.2. The summed E-state index contributed by atoms with van der Waals surface area (Å²) >= 11 is 0. The Kier molecular flexibility index (Phi) is 5.78. The standard InChI is InChI=1S/C17H28N2O2/c1-11-8-9-14(15(10-11)21-7)12(2)18-13(3)16(20)19-17(4,5)6/h8-10,12-13,18H,1-7H3,(H,19,20). The Bertz CT molecular complexity index is 492. The van der Waals surface area contributed by atoms with E-state index in [4.69, 9.17) is 4.74 Å². The fraction of sp³-hybridized carbons (Fsp3) is 0.588. The Balaban J connectivity index is 2.77. The Morgan fingerprint density at radius 1 is 1.24 bits per heavy atom. The number of hydrogen-bond donors (Lipinski definition) is 2. The number of hydrogen-bond acceptors (Lipinski definition) is 3. The summed E-state index contributed by atoms with van der Waals surface area (Å²) in [4.78, 5) is 12.1. The first kappa shape index (κ1) is 17.5. The molecule has 0 spiro atoms.